The average molecular weight is 527 g/mol. The number of fused-ring (bicyclic) bond motifs is 1. The van der Waals surface area contributed by atoms with Crippen molar-refractivity contribution in [2.75, 3.05) is 0 Å². The minimum atomic E-state index is -4.41. The summed E-state index contributed by atoms with van der Waals surface area (Å²) < 4.78 is 66.4. The standard InChI is InChI=1S/C24H27F5N6O2/c1-13(32-19(36)6-9-24(27,28)29)15-2-3-17-18(10-15)34-22(33-17)20(14-4-7-23(25,26)8-5-14)35-12-16(11-31-35)21(30)37/h2-3,10-14,20H,4-9H2,1H3,(H2,30,37)(H,32,36)(H,33,34)/t13-,20+/m1/s1. The number of aromatic nitrogens is 4. The number of H-pyrrole nitrogens is 1. The third kappa shape index (κ3) is 6.44. The van der Waals surface area contributed by atoms with E-state index in [1.165, 1.54) is 17.1 Å². The molecule has 13 heteroatoms. The number of imidazole rings is 1. The van der Waals surface area contributed by atoms with Crippen LogP contribution in [-0.4, -0.2) is 43.7 Å². The number of aromatic amines is 1. The molecular formula is C24H27F5N6O2. The Balaban J connectivity index is 1.59. The third-order valence-electron chi connectivity index (χ3n) is 6.70. The summed E-state index contributed by atoms with van der Waals surface area (Å²) in [5.74, 6) is -3.88. The Bertz CT molecular complexity index is 1270. The lowest BCUT2D eigenvalue weighted by Crippen LogP contribution is -2.31. The molecule has 4 N–H and O–H groups in total. The van der Waals surface area contributed by atoms with Gasteiger partial charge in [-0.25, -0.2) is 13.8 Å². The molecule has 0 radical (unpaired) electrons. The second-order valence-electron chi connectivity index (χ2n) is 9.51. The number of carbonyl (C=O) groups excluding carboxylic acids is 2. The van der Waals surface area contributed by atoms with E-state index < -0.39 is 48.8 Å². The molecule has 2 aromatic heterocycles. The highest BCUT2D eigenvalue weighted by Gasteiger charge is 2.40. The molecule has 8 nitrogen and oxygen atoms in total. The van der Waals surface area contributed by atoms with Crippen LogP contribution in [0, 0.1) is 5.92 Å². The quantitative estimate of drug-likeness (QED) is 0.366. The lowest BCUT2D eigenvalue weighted by molar-refractivity contribution is -0.144. The summed E-state index contributed by atoms with van der Waals surface area (Å²) in [4.78, 5) is 31.4. The van der Waals surface area contributed by atoms with Crippen molar-refractivity contribution in [2.45, 2.75) is 69.6 Å². The van der Waals surface area contributed by atoms with Gasteiger partial charge in [0.05, 0.1) is 35.3 Å². The number of rotatable bonds is 8. The molecule has 0 aliphatic heterocycles. The van der Waals surface area contributed by atoms with Crippen molar-refractivity contribution >= 4 is 22.8 Å². The van der Waals surface area contributed by atoms with Crippen molar-refractivity contribution in [3.05, 3.63) is 47.5 Å². The minimum absolute atomic E-state index is 0.180. The maximum absolute atomic E-state index is 13.8. The van der Waals surface area contributed by atoms with Crippen molar-refractivity contribution in [1.82, 2.24) is 25.1 Å². The van der Waals surface area contributed by atoms with Gasteiger partial charge in [0, 0.05) is 25.5 Å². The molecule has 1 saturated carbocycles. The Labute approximate surface area is 208 Å². The van der Waals surface area contributed by atoms with E-state index in [-0.39, 0.29) is 37.2 Å². The van der Waals surface area contributed by atoms with Gasteiger partial charge in [0.2, 0.25) is 11.8 Å². The van der Waals surface area contributed by atoms with E-state index in [9.17, 15) is 31.5 Å². The van der Waals surface area contributed by atoms with Gasteiger partial charge in [0.25, 0.3) is 5.91 Å². The van der Waals surface area contributed by atoms with Gasteiger partial charge in [0.1, 0.15) is 11.9 Å². The summed E-state index contributed by atoms with van der Waals surface area (Å²) in [6.07, 6.45) is -3.57. The molecule has 1 aliphatic carbocycles. The number of benzene rings is 1. The highest BCUT2D eigenvalue weighted by atomic mass is 19.4. The van der Waals surface area contributed by atoms with Gasteiger partial charge in [-0.05, 0) is 43.4 Å². The van der Waals surface area contributed by atoms with Crippen LogP contribution in [-0.2, 0) is 4.79 Å². The van der Waals surface area contributed by atoms with Crippen molar-refractivity contribution in [3.8, 4) is 0 Å². The number of halogens is 5. The van der Waals surface area contributed by atoms with E-state index in [4.69, 9.17) is 5.73 Å². The molecular weight excluding hydrogens is 499 g/mol. The van der Waals surface area contributed by atoms with Gasteiger partial charge in [-0.1, -0.05) is 6.07 Å². The molecule has 1 aromatic carbocycles. The first-order chi connectivity index (χ1) is 17.3. The number of amides is 2. The van der Waals surface area contributed by atoms with Gasteiger partial charge in [-0.3, -0.25) is 14.3 Å². The van der Waals surface area contributed by atoms with E-state index in [1.807, 2.05) is 0 Å². The molecule has 1 aliphatic rings. The smallest absolute Gasteiger partial charge is 0.366 e. The molecule has 4 rings (SSSR count). The molecule has 0 saturated heterocycles. The summed E-state index contributed by atoms with van der Waals surface area (Å²) in [5.41, 5.74) is 7.35. The highest BCUT2D eigenvalue weighted by molar-refractivity contribution is 5.92. The number of hydrogen-bond donors (Lipinski definition) is 3. The summed E-state index contributed by atoms with van der Waals surface area (Å²) in [6.45, 7) is 1.66. The van der Waals surface area contributed by atoms with Gasteiger partial charge in [-0.15, -0.1) is 0 Å². The van der Waals surface area contributed by atoms with E-state index in [2.05, 4.69) is 20.4 Å². The Morgan fingerprint density at radius 1 is 1.27 bits per heavy atom. The Morgan fingerprint density at radius 2 is 1.97 bits per heavy atom. The lowest BCUT2D eigenvalue weighted by Gasteiger charge is -2.33. The van der Waals surface area contributed by atoms with Crippen LogP contribution in [0.5, 0.6) is 0 Å². The zero-order valence-electron chi connectivity index (χ0n) is 20.0. The van der Waals surface area contributed by atoms with Crippen molar-refractivity contribution < 1.29 is 31.5 Å². The average Bonchev–Trinajstić information content (AvgIpc) is 3.45. The Morgan fingerprint density at radius 3 is 2.59 bits per heavy atom. The van der Waals surface area contributed by atoms with E-state index in [0.717, 1.165) is 0 Å². The van der Waals surface area contributed by atoms with Crippen molar-refractivity contribution in [2.24, 2.45) is 11.7 Å². The predicted molar refractivity (Wildman–Crippen MR) is 124 cm³/mol. The van der Waals surface area contributed by atoms with Crippen LogP contribution in [0.1, 0.15) is 79.3 Å². The number of nitrogens with zero attached hydrogens (tertiary/aromatic N) is 3. The van der Waals surface area contributed by atoms with E-state index in [0.29, 0.717) is 22.4 Å². The topological polar surface area (TPSA) is 119 Å². The first-order valence-electron chi connectivity index (χ1n) is 11.9. The van der Waals surface area contributed by atoms with Crippen LogP contribution in [0.3, 0.4) is 0 Å². The lowest BCUT2D eigenvalue weighted by atomic mass is 9.81. The number of hydrogen-bond acceptors (Lipinski definition) is 4. The maximum atomic E-state index is 13.8. The Kier molecular flexibility index (Phi) is 7.24. The summed E-state index contributed by atoms with van der Waals surface area (Å²) >= 11 is 0. The normalized spacial score (nSPS) is 18.0. The molecule has 37 heavy (non-hydrogen) atoms. The Hall–Kier alpha value is -3.51. The second kappa shape index (κ2) is 10.1. The van der Waals surface area contributed by atoms with Crippen LogP contribution in [0.4, 0.5) is 22.0 Å². The first-order valence-corrected chi connectivity index (χ1v) is 11.9. The largest absolute Gasteiger partial charge is 0.389 e. The predicted octanol–water partition coefficient (Wildman–Crippen LogP) is 4.79. The second-order valence-corrected chi connectivity index (χ2v) is 9.51. The minimum Gasteiger partial charge on any atom is -0.366 e. The van der Waals surface area contributed by atoms with Crippen LogP contribution < -0.4 is 11.1 Å². The zero-order valence-corrected chi connectivity index (χ0v) is 20.0. The number of nitrogens with one attached hydrogen (secondary N) is 2. The maximum Gasteiger partial charge on any atom is 0.389 e. The summed E-state index contributed by atoms with van der Waals surface area (Å²) in [6, 6.07) is 4.02. The number of nitrogens with two attached hydrogens (primary N) is 1. The molecule has 0 unspecified atom stereocenters. The number of carbonyl (C=O) groups is 2. The van der Waals surface area contributed by atoms with E-state index >= 15 is 0 Å². The fourth-order valence-corrected chi connectivity index (χ4v) is 4.67. The van der Waals surface area contributed by atoms with Gasteiger partial charge in [0.15, 0.2) is 0 Å². The van der Waals surface area contributed by atoms with Crippen molar-refractivity contribution in [1.29, 1.82) is 0 Å². The SMILES string of the molecule is C[C@@H](NC(=O)CCC(F)(F)F)c1ccc2nc([C@H](C3CCC(F)(F)CC3)n3cc(C(N)=O)cn3)[nH]c2c1. The molecule has 200 valence electrons. The van der Waals surface area contributed by atoms with Crippen LogP contribution in [0.15, 0.2) is 30.6 Å². The molecule has 2 heterocycles. The van der Waals surface area contributed by atoms with Crippen molar-refractivity contribution in [3.63, 3.8) is 0 Å². The van der Waals surface area contributed by atoms with Crippen LogP contribution in [0.25, 0.3) is 11.0 Å². The first kappa shape index (κ1) is 26.6. The number of primary amides is 1. The summed E-state index contributed by atoms with van der Waals surface area (Å²) in [5, 5.41) is 6.81. The molecule has 1 fully saturated rings. The molecule has 0 bridgehead atoms. The monoisotopic (exact) mass is 526 g/mol. The fraction of sp³-hybridized carbons (Fsp3) is 0.500. The van der Waals surface area contributed by atoms with E-state index in [1.54, 1.807) is 25.1 Å². The van der Waals surface area contributed by atoms with Gasteiger partial charge >= 0.3 is 6.18 Å². The number of alkyl halides is 5. The highest BCUT2D eigenvalue weighted by Crippen LogP contribution is 2.42. The summed E-state index contributed by atoms with van der Waals surface area (Å²) in [7, 11) is 0. The fourth-order valence-electron chi connectivity index (χ4n) is 4.67. The molecule has 2 amide bonds. The van der Waals surface area contributed by atoms with Crippen LogP contribution >= 0.6 is 0 Å². The molecule has 0 spiro atoms. The molecule has 3 aromatic rings. The third-order valence-corrected chi connectivity index (χ3v) is 6.70. The van der Waals surface area contributed by atoms with Gasteiger partial charge in [-0.2, -0.15) is 18.3 Å². The zero-order chi connectivity index (χ0) is 27.0. The van der Waals surface area contributed by atoms with Crippen LogP contribution in [0.2, 0.25) is 0 Å². The molecule has 2 atom stereocenters. The van der Waals surface area contributed by atoms with Gasteiger partial charge < -0.3 is 16.0 Å².